The highest BCUT2D eigenvalue weighted by atomic mass is 35.5. The third-order valence-corrected chi connectivity index (χ3v) is 11.6. The number of alkyl halides is 2. The van der Waals surface area contributed by atoms with E-state index >= 15 is 4.39 Å². The number of anilines is 2. The molecule has 0 radical (unpaired) electrons. The van der Waals surface area contributed by atoms with Crippen LogP contribution in [0.1, 0.15) is 38.2 Å². The third-order valence-electron chi connectivity index (χ3n) is 10.3. The van der Waals surface area contributed by atoms with Gasteiger partial charge in [-0.05, 0) is 50.4 Å². The quantitative estimate of drug-likeness (QED) is 0.225. The lowest BCUT2D eigenvalue weighted by molar-refractivity contribution is -0.132. The van der Waals surface area contributed by atoms with E-state index in [2.05, 4.69) is 9.88 Å². The largest absolute Gasteiger partial charge is 0.461 e. The number of ether oxygens (including phenoxy) is 1. The average molecular weight is 702 g/mol. The zero-order valence-corrected chi connectivity index (χ0v) is 27.8. The van der Waals surface area contributed by atoms with Gasteiger partial charge in [-0.2, -0.15) is 15.2 Å². The number of likely N-dealkylation sites (tertiary alicyclic amines) is 1. The summed E-state index contributed by atoms with van der Waals surface area (Å²) >= 11 is 7.70. The van der Waals surface area contributed by atoms with Gasteiger partial charge < -0.3 is 20.3 Å². The monoisotopic (exact) mass is 701 g/mol. The predicted octanol–water partition coefficient (Wildman–Crippen LogP) is 6.25. The van der Waals surface area contributed by atoms with E-state index in [4.69, 9.17) is 27.1 Å². The summed E-state index contributed by atoms with van der Waals surface area (Å²) in [6.45, 7) is 2.21. The van der Waals surface area contributed by atoms with Crippen LogP contribution in [0.4, 0.5) is 28.4 Å². The minimum absolute atomic E-state index is 0.0119. The van der Waals surface area contributed by atoms with Crippen LogP contribution in [-0.2, 0) is 4.79 Å². The fourth-order valence-electron chi connectivity index (χ4n) is 7.92. The Labute approximate surface area is 282 Å². The van der Waals surface area contributed by atoms with Gasteiger partial charge in [-0.15, -0.1) is 11.3 Å². The molecule has 4 aromatic rings. The SMILES string of the molecule is C[C@@H]1[C@H](N(C)c2nc(OC[C@@]34CCCN3C[C@H](F)C4)nc3c(F)c(-c4ccc(F)c5sc(N)c(C#N)c45)c(Cl)cc23)CCN1C(=O)CF. The number of likely N-dealkylation sites (N-methyl/N-ethyl adjacent to an activating group) is 1. The lowest BCUT2D eigenvalue weighted by atomic mass is 9.95. The number of halogens is 5. The van der Waals surface area contributed by atoms with Crippen LogP contribution >= 0.6 is 22.9 Å². The Hall–Kier alpha value is -3.93. The molecule has 7 rings (SSSR count). The van der Waals surface area contributed by atoms with E-state index in [0.717, 1.165) is 30.7 Å². The number of benzene rings is 2. The first-order valence-corrected chi connectivity index (χ1v) is 16.9. The summed E-state index contributed by atoms with van der Waals surface area (Å²) in [4.78, 5) is 26.8. The molecular formula is C33H32ClF4N7O2S. The van der Waals surface area contributed by atoms with Crippen molar-refractivity contribution in [2.45, 2.75) is 56.4 Å². The van der Waals surface area contributed by atoms with Crippen molar-refractivity contribution in [3.05, 3.63) is 40.4 Å². The molecule has 0 bridgehead atoms. The van der Waals surface area contributed by atoms with Gasteiger partial charge in [0.05, 0.1) is 26.9 Å². The number of carbonyl (C=O) groups excluding carboxylic acids is 1. The second kappa shape index (κ2) is 12.2. The fraction of sp³-hybridized carbons (Fsp3) is 0.455. The van der Waals surface area contributed by atoms with Gasteiger partial charge in [0.25, 0.3) is 5.91 Å². The van der Waals surface area contributed by atoms with E-state index in [1.807, 2.05) is 13.0 Å². The van der Waals surface area contributed by atoms with Crippen LogP contribution in [0.15, 0.2) is 18.2 Å². The number of rotatable bonds is 7. The minimum atomic E-state index is -1.11. The maximum atomic E-state index is 17.0. The summed E-state index contributed by atoms with van der Waals surface area (Å²) < 4.78 is 66.0. The van der Waals surface area contributed by atoms with Crippen LogP contribution in [0.2, 0.25) is 5.02 Å². The average Bonchev–Trinajstić information content (AvgIpc) is 3.81. The fourth-order valence-corrected chi connectivity index (χ4v) is 9.17. The van der Waals surface area contributed by atoms with E-state index in [0.29, 0.717) is 25.9 Å². The Bertz CT molecular complexity index is 2010. The number of nitrogens with zero attached hydrogens (tertiary/aromatic N) is 6. The van der Waals surface area contributed by atoms with E-state index in [-0.39, 0.29) is 78.2 Å². The molecule has 3 aliphatic rings. The lowest BCUT2D eigenvalue weighted by Gasteiger charge is -2.33. The molecule has 0 unspecified atom stereocenters. The van der Waals surface area contributed by atoms with E-state index in [9.17, 15) is 23.2 Å². The molecular weight excluding hydrogens is 670 g/mol. The first-order valence-electron chi connectivity index (χ1n) is 15.7. The Morgan fingerprint density at radius 3 is 2.85 bits per heavy atom. The van der Waals surface area contributed by atoms with Crippen molar-refractivity contribution < 1.29 is 27.1 Å². The molecule has 2 aromatic heterocycles. The summed E-state index contributed by atoms with van der Waals surface area (Å²) in [6.07, 6.45) is 1.47. The summed E-state index contributed by atoms with van der Waals surface area (Å²) in [5.74, 6) is -1.81. The second-order valence-electron chi connectivity index (χ2n) is 12.8. The molecule has 9 nitrogen and oxygen atoms in total. The smallest absolute Gasteiger partial charge is 0.319 e. The van der Waals surface area contributed by atoms with Gasteiger partial charge in [0.2, 0.25) is 0 Å². The number of carbonyl (C=O) groups is 1. The van der Waals surface area contributed by atoms with Crippen molar-refractivity contribution in [3.8, 4) is 23.2 Å². The number of nitriles is 1. The number of fused-ring (bicyclic) bond motifs is 3. The van der Waals surface area contributed by atoms with Gasteiger partial charge >= 0.3 is 6.01 Å². The molecule has 0 saturated carbocycles. The standard InChI is InChI=1S/C33H32ClF4N7O2S/c1-16-23(6-9-45(16)24(46)12-35)43(2)31-19-10-21(34)26(18-4-5-22(37)29-25(18)20(13-39)30(40)48-29)27(38)28(19)41-32(42-31)47-15-33-7-3-8-44(33)14-17(36)11-33/h4-5,10,16-17,23H,3,6-9,11-12,14-15,40H2,1-2H3/t16-,17-,23-,33+/m1/s1. The molecule has 3 fully saturated rings. The highest BCUT2D eigenvalue weighted by Crippen LogP contribution is 2.46. The zero-order chi connectivity index (χ0) is 34.1. The Morgan fingerprint density at radius 1 is 1.31 bits per heavy atom. The topological polar surface area (TPSA) is 112 Å². The predicted molar refractivity (Wildman–Crippen MR) is 177 cm³/mol. The highest BCUT2D eigenvalue weighted by molar-refractivity contribution is 7.23. The Balaban J connectivity index is 1.38. The van der Waals surface area contributed by atoms with Crippen molar-refractivity contribution in [2.75, 3.05) is 50.6 Å². The molecule has 1 amide bonds. The maximum absolute atomic E-state index is 17.0. The minimum Gasteiger partial charge on any atom is -0.461 e. The molecule has 4 atom stereocenters. The van der Waals surface area contributed by atoms with Crippen molar-refractivity contribution in [3.63, 3.8) is 0 Å². The Morgan fingerprint density at radius 2 is 2.10 bits per heavy atom. The van der Waals surface area contributed by atoms with Crippen molar-refractivity contribution in [1.82, 2.24) is 19.8 Å². The van der Waals surface area contributed by atoms with Crippen molar-refractivity contribution >= 4 is 60.7 Å². The molecule has 3 saturated heterocycles. The first-order chi connectivity index (χ1) is 23.0. The van der Waals surface area contributed by atoms with Crippen molar-refractivity contribution in [2.24, 2.45) is 0 Å². The van der Waals surface area contributed by atoms with Gasteiger partial charge in [-0.3, -0.25) is 9.69 Å². The van der Waals surface area contributed by atoms with Gasteiger partial charge in [-0.1, -0.05) is 17.7 Å². The van der Waals surface area contributed by atoms with Crippen LogP contribution in [0.5, 0.6) is 6.01 Å². The molecule has 0 aliphatic carbocycles. The van der Waals surface area contributed by atoms with Crippen LogP contribution in [-0.4, -0.2) is 89.4 Å². The van der Waals surface area contributed by atoms with Gasteiger partial charge in [-0.25, -0.2) is 17.6 Å². The summed E-state index contributed by atoms with van der Waals surface area (Å²) in [5.41, 5.74) is 5.46. The van der Waals surface area contributed by atoms with Crippen LogP contribution < -0.4 is 15.4 Å². The molecule has 3 aliphatic heterocycles. The van der Waals surface area contributed by atoms with Gasteiger partial charge in [0, 0.05) is 48.9 Å². The molecule has 48 heavy (non-hydrogen) atoms. The molecule has 15 heteroatoms. The third kappa shape index (κ3) is 5.09. The number of hydrogen-bond donors (Lipinski definition) is 1. The molecule has 252 valence electrons. The number of nitrogen functional groups attached to an aromatic ring is 1. The molecule has 5 heterocycles. The number of nitrogens with two attached hydrogens (primary N) is 1. The van der Waals surface area contributed by atoms with E-state index < -0.39 is 35.9 Å². The number of amides is 1. The second-order valence-corrected chi connectivity index (χ2v) is 14.3. The maximum Gasteiger partial charge on any atom is 0.319 e. The van der Waals surface area contributed by atoms with Crippen molar-refractivity contribution in [1.29, 1.82) is 5.26 Å². The first kappa shape index (κ1) is 32.6. The van der Waals surface area contributed by atoms with Gasteiger partial charge in [0.1, 0.15) is 41.0 Å². The Kier molecular flexibility index (Phi) is 8.28. The molecule has 2 N–H and O–H groups in total. The number of hydrogen-bond acceptors (Lipinski definition) is 9. The normalized spacial score (nSPS) is 24.0. The van der Waals surface area contributed by atoms with Gasteiger partial charge in [0.15, 0.2) is 12.5 Å². The summed E-state index contributed by atoms with van der Waals surface area (Å²) in [7, 11) is 1.74. The van der Waals surface area contributed by atoms with Crippen LogP contribution in [0, 0.1) is 23.0 Å². The zero-order valence-electron chi connectivity index (χ0n) is 26.2. The summed E-state index contributed by atoms with van der Waals surface area (Å²) in [6, 6.07) is 5.18. The van der Waals surface area contributed by atoms with Crippen LogP contribution in [0.3, 0.4) is 0 Å². The number of thiophene rings is 1. The molecule has 2 aromatic carbocycles. The van der Waals surface area contributed by atoms with E-state index in [1.54, 1.807) is 11.9 Å². The van der Waals surface area contributed by atoms with Crippen LogP contribution in [0.25, 0.3) is 32.1 Å². The number of aromatic nitrogens is 2. The highest BCUT2D eigenvalue weighted by Gasteiger charge is 2.49. The summed E-state index contributed by atoms with van der Waals surface area (Å²) in [5, 5.41) is 10.3. The lowest BCUT2D eigenvalue weighted by Crippen LogP contribution is -2.45. The van der Waals surface area contributed by atoms with E-state index in [1.165, 1.54) is 23.1 Å². The molecule has 0 spiro atoms.